The lowest BCUT2D eigenvalue weighted by molar-refractivity contribution is -0.122. The minimum Gasteiger partial charge on any atom is -0.493 e. The second kappa shape index (κ2) is 10.4. The molecule has 0 saturated carbocycles. The van der Waals surface area contributed by atoms with E-state index in [9.17, 15) is 13.2 Å². The number of aromatic nitrogens is 2. The van der Waals surface area contributed by atoms with Crippen molar-refractivity contribution >= 4 is 27.5 Å². The maximum atomic E-state index is 12.5. The van der Waals surface area contributed by atoms with Crippen LogP contribution in [-0.4, -0.2) is 37.3 Å². The number of nitrogens with one attached hydrogen (secondary N) is 2. The second-order valence-corrected chi connectivity index (χ2v) is 8.99. The van der Waals surface area contributed by atoms with Gasteiger partial charge in [0, 0.05) is 24.8 Å². The summed E-state index contributed by atoms with van der Waals surface area (Å²) in [5, 5.41) is 7.30. The van der Waals surface area contributed by atoms with Gasteiger partial charge in [-0.3, -0.25) is 9.48 Å². The average molecular weight is 463 g/mol. The highest BCUT2D eigenvalue weighted by Crippen LogP contribution is 2.17. The first kappa shape index (κ1) is 22.8. The van der Waals surface area contributed by atoms with E-state index in [4.69, 9.17) is 16.3 Å². The van der Waals surface area contributed by atoms with Gasteiger partial charge in [-0.05, 0) is 23.8 Å². The third-order valence-electron chi connectivity index (χ3n) is 4.40. The van der Waals surface area contributed by atoms with Crippen LogP contribution in [0.5, 0.6) is 5.75 Å². The van der Waals surface area contributed by atoms with Gasteiger partial charge in [-0.1, -0.05) is 48.0 Å². The minimum absolute atomic E-state index is 0.0118. The van der Waals surface area contributed by atoms with Gasteiger partial charge in [0.15, 0.2) is 0 Å². The van der Waals surface area contributed by atoms with Gasteiger partial charge in [0.25, 0.3) is 0 Å². The van der Waals surface area contributed by atoms with Gasteiger partial charge < -0.3 is 10.1 Å². The lowest BCUT2D eigenvalue weighted by Gasteiger charge is -2.20. The summed E-state index contributed by atoms with van der Waals surface area (Å²) in [5.41, 5.74) is 0.778. The van der Waals surface area contributed by atoms with E-state index in [0.29, 0.717) is 10.8 Å². The molecule has 0 radical (unpaired) electrons. The number of amides is 1. The average Bonchev–Trinajstić information content (AvgIpc) is 3.19. The van der Waals surface area contributed by atoms with E-state index >= 15 is 0 Å². The largest absolute Gasteiger partial charge is 0.493 e. The third-order valence-corrected chi connectivity index (χ3v) is 6.01. The molecule has 164 valence electrons. The summed E-state index contributed by atoms with van der Waals surface area (Å²) >= 11 is 5.92. The van der Waals surface area contributed by atoms with E-state index in [1.54, 1.807) is 31.3 Å². The van der Waals surface area contributed by atoms with Crippen LogP contribution >= 0.6 is 11.6 Å². The highest BCUT2D eigenvalue weighted by Gasteiger charge is 2.21. The maximum absolute atomic E-state index is 12.5. The summed E-state index contributed by atoms with van der Waals surface area (Å²) < 4.78 is 34.5. The molecule has 10 heteroatoms. The van der Waals surface area contributed by atoms with Gasteiger partial charge in [0.1, 0.15) is 10.6 Å². The number of carbonyl (C=O) groups is 1. The van der Waals surface area contributed by atoms with Crippen LogP contribution in [0.3, 0.4) is 0 Å². The first-order valence-electron chi connectivity index (χ1n) is 9.54. The third kappa shape index (κ3) is 6.81. The standard InChI is InChI=1S/C21H23ClN4O4S/c1-26-15-19(13-23-26)31(28,29)24-14-20(16-6-3-2-4-7-16)25-21(27)10-11-30-18-9-5-8-17(22)12-18/h2-9,12-13,15,20,24H,10-11,14H2,1H3,(H,25,27). The smallest absolute Gasteiger partial charge is 0.243 e. The van der Waals surface area contributed by atoms with Crippen LogP contribution in [-0.2, 0) is 21.9 Å². The summed E-state index contributed by atoms with van der Waals surface area (Å²) in [6, 6.07) is 15.5. The molecule has 1 unspecified atom stereocenters. The van der Waals surface area contributed by atoms with Crippen LogP contribution in [0, 0.1) is 0 Å². The monoisotopic (exact) mass is 462 g/mol. The topological polar surface area (TPSA) is 102 Å². The van der Waals surface area contributed by atoms with E-state index in [-0.39, 0.29) is 30.4 Å². The molecular formula is C21H23ClN4O4S. The van der Waals surface area contributed by atoms with Crippen molar-refractivity contribution < 1.29 is 17.9 Å². The molecule has 8 nitrogen and oxygen atoms in total. The van der Waals surface area contributed by atoms with Crippen LogP contribution < -0.4 is 14.8 Å². The molecule has 0 aliphatic rings. The number of aryl methyl sites for hydroxylation is 1. The van der Waals surface area contributed by atoms with E-state index in [1.807, 2.05) is 30.3 Å². The summed E-state index contributed by atoms with van der Waals surface area (Å²) in [4.78, 5) is 12.5. The molecule has 0 aliphatic heterocycles. The fourth-order valence-corrected chi connectivity index (χ4v) is 4.05. The molecule has 1 amide bonds. The van der Waals surface area contributed by atoms with Crippen molar-refractivity contribution in [2.45, 2.75) is 17.4 Å². The number of ether oxygens (including phenoxy) is 1. The molecule has 0 fully saturated rings. The zero-order chi connectivity index (χ0) is 22.3. The van der Waals surface area contributed by atoms with Crippen LogP contribution in [0.4, 0.5) is 0 Å². The van der Waals surface area contributed by atoms with Crippen molar-refractivity contribution in [3.8, 4) is 5.75 Å². The first-order valence-corrected chi connectivity index (χ1v) is 11.4. The Labute approximate surface area is 186 Å². The van der Waals surface area contributed by atoms with Crippen molar-refractivity contribution in [2.24, 2.45) is 7.05 Å². The lowest BCUT2D eigenvalue weighted by Crippen LogP contribution is -2.38. The molecule has 1 aromatic heterocycles. The fraction of sp³-hybridized carbons (Fsp3) is 0.238. The Balaban J connectivity index is 1.60. The molecule has 0 saturated heterocycles. The summed E-state index contributed by atoms with van der Waals surface area (Å²) in [5.74, 6) is 0.306. The maximum Gasteiger partial charge on any atom is 0.243 e. The van der Waals surface area contributed by atoms with E-state index in [1.165, 1.54) is 17.1 Å². The molecule has 0 bridgehead atoms. The normalized spacial score (nSPS) is 12.3. The predicted octanol–water partition coefficient (Wildman–Crippen LogP) is 2.68. The van der Waals surface area contributed by atoms with Crippen molar-refractivity contribution in [2.75, 3.05) is 13.2 Å². The Morgan fingerprint density at radius 3 is 2.65 bits per heavy atom. The van der Waals surface area contributed by atoms with Gasteiger partial charge in [-0.15, -0.1) is 0 Å². The number of benzene rings is 2. The highest BCUT2D eigenvalue weighted by molar-refractivity contribution is 7.89. The molecule has 3 aromatic rings. The van der Waals surface area contributed by atoms with E-state index in [0.717, 1.165) is 5.56 Å². The zero-order valence-electron chi connectivity index (χ0n) is 16.9. The Morgan fingerprint density at radius 2 is 1.97 bits per heavy atom. The first-order chi connectivity index (χ1) is 14.8. The number of halogens is 1. The fourth-order valence-electron chi connectivity index (χ4n) is 2.84. The molecule has 2 aromatic carbocycles. The van der Waals surface area contributed by atoms with E-state index in [2.05, 4.69) is 15.1 Å². The Kier molecular flexibility index (Phi) is 7.67. The molecule has 2 N–H and O–H groups in total. The Bertz CT molecular complexity index is 1120. The van der Waals surface area contributed by atoms with Crippen LogP contribution in [0.25, 0.3) is 0 Å². The minimum atomic E-state index is -3.76. The Morgan fingerprint density at radius 1 is 1.19 bits per heavy atom. The van der Waals surface area contributed by atoms with Gasteiger partial charge in [0.2, 0.25) is 15.9 Å². The Hall–Kier alpha value is -2.88. The predicted molar refractivity (Wildman–Crippen MR) is 117 cm³/mol. The van der Waals surface area contributed by atoms with Gasteiger partial charge in [0.05, 0.1) is 25.3 Å². The van der Waals surface area contributed by atoms with E-state index < -0.39 is 16.1 Å². The van der Waals surface area contributed by atoms with Crippen LogP contribution in [0.2, 0.25) is 5.02 Å². The van der Waals surface area contributed by atoms with Crippen molar-refractivity contribution in [1.82, 2.24) is 19.8 Å². The van der Waals surface area contributed by atoms with Gasteiger partial charge in [-0.25, -0.2) is 13.1 Å². The summed E-state index contributed by atoms with van der Waals surface area (Å²) in [6.07, 6.45) is 2.78. The van der Waals surface area contributed by atoms with Crippen molar-refractivity contribution in [3.05, 3.63) is 77.6 Å². The number of hydrogen-bond acceptors (Lipinski definition) is 5. The molecule has 0 aliphatic carbocycles. The molecule has 1 heterocycles. The quantitative estimate of drug-likeness (QED) is 0.482. The van der Waals surface area contributed by atoms with Crippen LogP contribution in [0.15, 0.2) is 71.9 Å². The summed E-state index contributed by atoms with van der Waals surface area (Å²) in [7, 11) is -2.12. The van der Waals surface area contributed by atoms with Crippen LogP contribution in [0.1, 0.15) is 18.0 Å². The summed E-state index contributed by atoms with van der Waals surface area (Å²) in [6.45, 7) is 0.150. The lowest BCUT2D eigenvalue weighted by atomic mass is 10.1. The zero-order valence-corrected chi connectivity index (χ0v) is 18.4. The van der Waals surface area contributed by atoms with Gasteiger partial charge >= 0.3 is 0 Å². The number of sulfonamides is 1. The molecular weight excluding hydrogens is 440 g/mol. The van der Waals surface area contributed by atoms with Crippen molar-refractivity contribution in [3.63, 3.8) is 0 Å². The number of carbonyl (C=O) groups excluding carboxylic acids is 1. The molecule has 31 heavy (non-hydrogen) atoms. The highest BCUT2D eigenvalue weighted by atomic mass is 35.5. The van der Waals surface area contributed by atoms with Gasteiger partial charge in [-0.2, -0.15) is 5.10 Å². The van der Waals surface area contributed by atoms with Crippen molar-refractivity contribution in [1.29, 1.82) is 0 Å². The molecule has 1 atom stereocenters. The number of nitrogens with zero attached hydrogens (tertiary/aromatic N) is 2. The second-order valence-electron chi connectivity index (χ2n) is 6.79. The number of hydrogen-bond donors (Lipinski definition) is 2. The molecule has 0 spiro atoms. The SMILES string of the molecule is Cn1cc(S(=O)(=O)NCC(NC(=O)CCOc2cccc(Cl)c2)c2ccccc2)cn1. The number of rotatable bonds is 10. The molecule has 3 rings (SSSR count).